The highest BCUT2D eigenvalue weighted by atomic mass is 35.5. The van der Waals surface area contributed by atoms with Gasteiger partial charge in [0.1, 0.15) is 0 Å². The lowest BCUT2D eigenvalue weighted by Gasteiger charge is -2.25. The molecule has 0 radical (unpaired) electrons. The lowest BCUT2D eigenvalue weighted by Crippen LogP contribution is -2.41. The van der Waals surface area contributed by atoms with E-state index in [4.69, 9.17) is 17.1 Å². The summed E-state index contributed by atoms with van der Waals surface area (Å²) in [7, 11) is 0. The number of hydrogen-bond acceptors (Lipinski definition) is 2. The number of hydrogen-bond donors (Lipinski definition) is 1. The van der Waals surface area contributed by atoms with E-state index in [1.54, 1.807) is 38.2 Å². The van der Waals surface area contributed by atoms with E-state index in [9.17, 15) is 4.79 Å². The van der Waals surface area contributed by atoms with Gasteiger partial charge in [-0.25, -0.2) is 0 Å². The molecule has 1 amide bonds. The molecule has 0 aliphatic rings. The second-order valence-electron chi connectivity index (χ2n) is 4.48. The van der Waals surface area contributed by atoms with E-state index in [-0.39, 0.29) is 10.6 Å². The average molecular weight is 279 g/mol. The molecule has 1 heterocycles. The number of carbonyl (C=O) groups excluding carboxylic acids is 1. The van der Waals surface area contributed by atoms with Gasteiger partial charge in [-0.15, -0.1) is 0 Å². The number of pyridine rings is 1. The van der Waals surface area contributed by atoms with Gasteiger partial charge in [-0.3, -0.25) is 9.78 Å². The third-order valence-electron chi connectivity index (χ3n) is 2.60. The highest BCUT2D eigenvalue weighted by Crippen LogP contribution is 2.20. The summed E-state index contributed by atoms with van der Waals surface area (Å²) in [6, 6.07) is 3.42. The molecule has 0 saturated carbocycles. The van der Waals surface area contributed by atoms with Crippen LogP contribution in [0.1, 0.15) is 35.4 Å². The number of halogens is 1. The summed E-state index contributed by atoms with van der Waals surface area (Å²) in [6.45, 7) is 3.49. The molecule has 0 atom stereocenters. The quantitative estimate of drug-likeness (QED) is 0.935. The van der Waals surface area contributed by atoms with Crippen molar-refractivity contribution in [1.29, 1.82) is 0 Å². The van der Waals surface area contributed by atoms with Gasteiger partial charge in [0.15, 0.2) is 0 Å². The smallest absolute Gasteiger partial charge is 0.253 e. The molecule has 1 aromatic heterocycles. The highest BCUT2D eigenvalue weighted by molar-refractivity contribution is 6.33. The molecule has 0 fully saturated rings. The Bertz CT molecular complexity index is 737. The SMILES string of the molecule is [2H]c1c([2H])c([2H])c(C(=O)NC(C)(C)c2ccccn2)c(Cl)c1[2H]. The molecular formula is C15H15ClN2O. The molecule has 19 heavy (non-hydrogen) atoms. The van der Waals surface area contributed by atoms with Crippen molar-refractivity contribution < 1.29 is 10.3 Å². The zero-order chi connectivity index (χ0) is 17.4. The zero-order valence-electron chi connectivity index (χ0n) is 14.5. The largest absolute Gasteiger partial charge is 0.341 e. The molecule has 1 N–H and O–H groups in total. The predicted octanol–water partition coefficient (Wildman–Crippen LogP) is 3.40. The molecule has 98 valence electrons. The standard InChI is InChI=1S/C15H15ClN2O/c1-15(2,13-9-5-6-10-17-13)18-14(19)11-7-3-4-8-12(11)16/h3-10H,1-2H3,(H,18,19)/i3D,4D,7D,8D. The normalized spacial score (nSPS) is 14.1. The first-order valence-corrected chi connectivity index (χ1v) is 6.04. The van der Waals surface area contributed by atoms with Crippen molar-refractivity contribution >= 4 is 17.5 Å². The Labute approximate surface area is 123 Å². The van der Waals surface area contributed by atoms with E-state index in [1.807, 2.05) is 0 Å². The van der Waals surface area contributed by atoms with Gasteiger partial charge in [0.05, 0.1) is 27.3 Å². The van der Waals surface area contributed by atoms with E-state index in [1.165, 1.54) is 0 Å². The minimum atomic E-state index is -0.835. The molecule has 2 aromatic rings. The van der Waals surface area contributed by atoms with E-state index < -0.39 is 35.6 Å². The molecule has 2 rings (SSSR count). The topological polar surface area (TPSA) is 42.0 Å². The van der Waals surface area contributed by atoms with Crippen LogP contribution in [0.3, 0.4) is 0 Å². The summed E-state index contributed by atoms with van der Waals surface area (Å²) < 4.78 is 30.8. The lowest BCUT2D eigenvalue weighted by molar-refractivity contribution is 0.0910. The van der Waals surface area contributed by atoms with Crippen LogP contribution in [-0.4, -0.2) is 10.9 Å². The first-order chi connectivity index (χ1) is 10.7. The third kappa shape index (κ3) is 3.12. The third-order valence-corrected chi connectivity index (χ3v) is 2.88. The van der Waals surface area contributed by atoms with Crippen LogP contribution in [0.15, 0.2) is 48.6 Å². The van der Waals surface area contributed by atoms with Crippen molar-refractivity contribution in [3.63, 3.8) is 0 Å². The fourth-order valence-corrected chi connectivity index (χ4v) is 1.78. The van der Waals surface area contributed by atoms with Crippen molar-refractivity contribution in [2.45, 2.75) is 19.4 Å². The van der Waals surface area contributed by atoms with Crippen LogP contribution in [0.5, 0.6) is 0 Å². The average Bonchev–Trinajstić information content (AvgIpc) is 2.51. The van der Waals surface area contributed by atoms with Gasteiger partial charge in [-0.1, -0.05) is 29.8 Å². The molecule has 0 aliphatic heterocycles. The minimum absolute atomic E-state index is 0.276. The molecule has 0 unspecified atom stereocenters. The Morgan fingerprint density at radius 3 is 2.79 bits per heavy atom. The van der Waals surface area contributed by atoms with Crippen molar-refractivity contribution in [1.82, 2.24) is 10.3 Å². The van der Waals surface area contributed by atoms with E-state index in [0.29, 0.717) is 5.69 Å². The Morgan fingerprint density at radius 1 is 1.37 bits per heavy atom. The lowest BCUT2D eigenvalue weighted by atomic mass is 9.99. The van der Waals surface area contributed by atoms with Crippen LogP contribution >= 0.6 is 11.6 Å². The van der Waals surface area contributed by atoms with Gasteiger partial charge in [0.25, 0.3) is 5.91 Å². The van der Waals surface area contributed by atoms with E-state index in [0.717, 1.165) is 0 Å². The van der Waals surface area contributed by atoms with Crippen LogP contribution in [-0.2, 0) is 5.54 Å². The van der Waals surface area contributed by atoms with Crippen molar-refractivity contribution in [3.05, 3.63) is 64.8 Å². The van der Waals surface area contributed by atoms with E-state index >= 15 is 0 Å². The molecule has 0 bridgehead atoms. The van der Waals surface area contributed by atoms with Gasteiger partial charge in [0.2, 0.25) is 0 Å². The number of aromatic nitrogens is 1. The van der Waals surface area contributed by atoms with Crippen molar-refractivity contribution in [3.8, 4) is 0 Å². The Kier molecular flexibility index (Phi) is 2.59. The van der Waals surface area contributed by atoms with Crippen molar-refractivity contribution in [2.75, 3.05) is 0 Å². The fraction of sp³-hybridized carbons (Fsp3) is 0.200. The summed E-state index contributed by atoms with van der Waals surface area (Å²) >= 11 is 5.96. The first kappa shape index (κ1) is 9.10. The van der Waals surface area contributed by atoms with Gasteiger partial charge < -0.3 is 5.32 Å². The summed E-state index contributed by atoms with van der Waals surface area (Å²) in [5, 5.41) is 2.41. The zero-order valence-corrected chi connectivity index (χ0v) is 11.3. The second kappa shape index (κ2) is 5.41. The fourth-order valence-electron chi connectivity index (χ4n) is 1.60. The van der Waals surface area contributed by atoms with Crippen LogP contribution in [0.4, 0.5) is 0 Å². The maximum Gasteiger partial charge on any atom is 0.253 e. The van der Waals surface area contributed by atoms with Crippen LogP contribution < -0.4 is 5.32 Å². The second-order valence-corrected chi connectivity index (χ2v) is 4.86. The number of benzene rings is 1. The number of nitrogens with zero attached hydrogens (tertiary/aromatic N) is 1. The molecule has 0 saturated heterocycles. The maximum atomic E-state index is 12.5. The van der Waals surface area contributed by atoms with Gasteiger partial charge in [-0.2, -0.15) is 0 Å². The molecular weight excluding hydrogens is 260 g/mol. The predicted molar refractivity (Wildman–Crippen MR) is 76.2 cm³/mol. The minimum Gasteiger partial charge on any atom is -0.341 e. The summed E-state index contributed by atoms with van der Waals surface area (Å²) in [5.74, 6) is -0.683. The Balaban J connectivity index is 2.43. The number of amides is 1. The Hall–Kier alpha value is -1.87. The monoisotopic (exact) mass is 278 g/mol. The summed E-state index contributed by atoms with van der Waals surface area (Å²) in [4.78, 5) is 16.7. The van der Waals surface area contributed by atoms with E-state index in [2.05, 4.69) is 10.3 Å². The van der Waals surface area contributed by atoms with Gasteiger partial charge in [-0.05, 0) is 38.1 Å². The van der Waals surface area contributed by atoms with Crippen LogP contribution in [0, 0.1) is 0 Å². The Morgan fingerprint density at radius 2 is 2.11 bits per heavy atom. The van der Waals surface area contributed by atoms with Gasteiger partial charge in [0, 0.05) is 6.20 Å². The van der Waals surface area contributed by atoms with Gasteiger partial charge >= 0.3 is 0 Å². The van der Waals surface area contributed by atoms with Crippen molar-refractivity contribution in [2.24, 2.45) is 0 Å². The summed E-state index contributed by atoms with van der Waals surface area (Å²) in [5.41, 5.74) is -0.495. The maximum absolute atomic E-state index is 12.5. The van der Waals surface area contributed by atoms with Crippen LogP contribution in [0.2, 0.25) is 5.02 Å². The number of nitrogens with one attached hydrogen (secondary N) is 1. The number of carbonyl (C=O) groups is 1. The molecule has 4 heteroatoms. The molecule has 3 nitrogen and oxygen atoms in total. The first-order valence-electron chi connectivity index (χ1n) is 7.66. The molecule has 0 aliphatic carbocycles. The number of rotatable bonds is 3. The molecule has 1 aromatic carbocycles. The molecule has 0 spiro atoms. The summed E-state index contributed by atoms with van der Waals surface area (Å²) in [6.07, 6.45) is 1.60. The highest BCUT2D eigenvalue weighted by Gasteiger charge is 2.25. The van der Waals surface area contributed by atoms with Crippen LogP contribution in [0.25, 0.3) is 0 Å².